The molecule has 0 fully saturated rings. The predicted molar refractivity (Wildman–Crippen MR) is 288 cm³/mol. The summed E-state index contributed by atoms with van der Waals surface area (Å²) in [6, 6.07) is 82.5. The van der Waals surface area contributed by atoms with Crippen molar-refractivity contribution in [2.75, 3.05) is 0 Å². The van der Waals surface area contributed by atoms with Crippen molar-refractivity contribution in [3.63, 3.8) is 0 Å². The van der Waals surface area contributed by atoms with E-state index in [0.29, 0.717) is 16.8 Å². The summed E-state index contributed by atoms with van der Waals surface area (Å²) < 4.78 is 9.29. The summed E-state index contributed by atoms with van der Waals surface area (Å²) in [5.41, 5.74) is 12.8. The Kier molecular flexibility index (Phi) is 7.82. The minimum Gasteiger partial charge on any atom is -0.309 e. The molecule has 0 aliphatic rings. The first-order chi connectivity index (χ1) is 34.7. The van der Waals surface area contributed by atoms with Crippen molar-refractivity contribution in [1.29, 1.82) is 10.5 Å². The van der Waals surface area contributed by atoms with Gasteiger partial charge in [0, 0.05) is 54.5 Å². The third-order valence-corrected chi connectivity index (χ3v) is 14.8. The largest absolute Gasteiger partial charge is 0.309 e. The molecule has 0 unspecified atom stereocenters. The maximum atomic E-state index is 11.3. The van der Waals surface area contributed by atoms with Crippen LogP contribution >= 0.6 is 0 Å². The van der Waals surface area contributed by atoms with Gasteiger partial charge in [-0.15, -0.1) is 0 Å². The Bertz CT molecular complexity index is 4760. The predicted octanol–water partition coefficient (Wildman–Crippen LogP) is 16.1. The van der Waals surface area contributed by atoms with Gasteiger partial charge in [0.2, 0.25) is 0 Å². The van der Waals surface area contributed by atoms with Crippen molar-refractivity contribution in [2.24, 2.45) is 0 Å². The quantitative estimate of drug-likeness (QED) is 0.177. The third kappa shape index (κ3) is 5.14. The second-order valence-corrected chi connectivity index (χ2v) is 18.3. The van der Waals surface area contributed by atoms with Crippen LogP contribution in [0.3, 0.4) is 0 Å². The zero-order valence-electron chi connectivity index (χ0n) is 37.5. The van der Waals surface area contributed by atoms with Gasteiger partial charge in [0.1, 0.15) is 6.07 Å². The molecule has 0 N–H and O–H groups in total. The highest BCUT2D eigenvalue weighted by Crippen LogP contribution is 2.45. The number of nitrogens with zero attached hydrogens (tertiary/aromatic N) is 6. The maximum absolute atomic E-state index is 11.3. The monoisotopic (exact) mass is 888 g/mol. The third-order valence-electron chi connectivity index (χ3n) is 14.8. The van der Waals surface area contributed by atoms with E-state index in [2.05, 4.69) is 237 Å². The van der Waals surface area contributed by atoms with Gasteiger partial charge in [-0.1, -0.05) is 133 Å². The average Bonchev–Trinajstić information content (AvgIpc) is 4.15. The lowest BCUT2D eigenvalue weighted by atomic mass is 10.0. The number of benzene rings is 11. The Morgan fingerprint density at radius 2 is 0.671 bits per heavy atom. The number of nitriles is 2. The summed E-state index contributed by atoms with van der Waals surface area (Å²) in [4.78, 5) is 0. The number of fused-ring (bicyclic) bond motifs is 16. The molecule has 0 aliphatic heterocycles. The van der Waals surface area contributed by atoms with Crippen LogP contribution in [0.2, 0.25) is 0 Å². The topological polar surface area (TPSA) is 67.3 Å². The molecule has 70 heavy (non-hydrogen) atoms. The van der Waals surface area contributed by atoms with E-state index in [0.717, 1.165) is 104 Å². The van der Waals surface area contributed by atoms with Crippen LogP contribution in [-0.4, -0.2) is 18.3 Å². The average molecular weight is 889 g/mol. The number of para-hydroxylation sites is 4. The molecule has 0 saturated heterocycles. The first-order valence-electron chi connectivity index (χ1n) is 23.5. The summed E-state index contributed by atoms with van der Waals surface area (Å²) in [6.07, 6.45) is 0. The van der Waals surface area contributed by atoms with Crippen molar-refractivity contribution in [1.82, 2.24) is 18.3 Å². The molecule has 4 aromatic heterocycles. The van der Waals surface area contributed by atoms with Gasteiger partial charge in [-0.25, -0.2) is 0 Å². The molecule has 11 aromatic carbocycles. The lowest BCUT2D eigenvalue weighted by molar-refractivity contribution is 1.08. The van der Waals surface area contributed by atoms with E-state index in [1.807, 2.05) is 6.07 Å². The number of hydrogen-bond donors (Lipinski definition) is 0. The summed E-state index contributed by atoms with van der Waals surface area (Å²) in [6.45, 7) is 0. The fraction of sp³-hybridized carbons (Fsp3) is 0. The van der Waals surface area contributed by atoms with E-state index in [1.165, 1.54) is 21.5 Å². The number of hydrogen-bond acceptors (Lipinski definition) is 2. The molecule has 4 heterocycles. The standard InChI is InChI=1S/C64H36N6/c65-37-39-33-42(38-66)64(70-58-32-28-44(36-52(58)63-46-16-4-2-14-41(46)26-30-60(63)70)68-55-23-11-7-19-49(55)50-20-8-12-24-56(50)68)61(34-39)69-57-31-27-43(35-51(57)62-45-15-3-1-13-40(45)25-29-59(62)69)67-53-21-9-5-17-47(53)48-18-6-10-22-54(48)67/h1-36H. The summed E-state index contributed by atoms with van der Waals surface area (Å²) >= 11 is 0. The van der Waals surface area contributed by atoms with Gasteiger partial charge in [-0.3, -0.25) is 0 Å². The first-order valence-corrected chi connectivity index (χ1v) is 23.5. The van der Waals surface area contributed by atoms with Crippen LogP contribution in [0.15, 0.2) is 218 Å². The Morgan fingerprint density at radius 3 is 1.13 bits per heavy atom. The second-order valence-electron chi connectivity index (χ2n) is 18.3. The van der Waals surface area contributed by atoms with Crippen LogP contribution in [0.4, 0.5) is 0 Å². The molecular formula is C64H36N6. The van der Waals surface area contributed by atoms with Crippen LogP contribution in [0.5, 0.6) is 0 Å². The minimum atomic E-state index is 0.408. The molecule has 0 radical (unpaired) electrons. The summed E-state index contributed by atoms with van der Waals surface area (Å²) in [7, 11) is 0. The molecule has 0 spiro atoms. The van der Waals surface area contributed by atoms with Crippen LogP contribution in [-0.2, 0) is 0 Å². The van der Waals surface area contributed by atoms with Crippen molar-refractivity contribution in [3.05, 3.63) is 230 Å². The summed E-state index contributed by atoms with van der Waals surface area (Å²) in [5, 5.41) is 35.7. The number of rotatable bonds is 4. The Morgan fingerprint density at radius 1 is 0.286 bits per heavy atom. The molecule has 0 amide bonds. The fourth-order valence-corrected chi connectivity index (χ4v) is 11.9. The zero-order valence-corrected chi connectivity index (χ0v) is 37.5. The van der Waals surface area contributed by atoms with Crippen molar-refractivity contribution >= 4 is 109 Å². The van der Waals surface area contributed by atoms with E-state index >= 15 is 0 Å². The van der Waals surface area contributed by atoms with Gasteiger partial charge in [-0.2, -0.15) is 10.5 Å². The smallest absolute Gasteiger partial charge is 0.101 e. The van der Waals surface area contributed by atoms with Crippen LogP contribution in [0.25, 0.3) is 132 Å². The van der Waals surface area contributed by atoms with E-state index < -0.39 is 0 Å². The molecule has 322 valence electrons. The minimum absolute atomic E-state index is 0.408. The Labute approximate surface area is 400 Å². The van der Waals surface area contributed by atoms with Crippen LogP contribution in [0.1, 0.15) is 11.1 Å². The van der Waals surface area contributed by atoms with Gasteiger partial charge in [0.05, 0.1) is 72.7 Å². The van der Waals surface area contributed by atoms with Crippen LogP contribution in [0, 0.1) is 22.7 Å². The molecule has 0 atom stereocenters. The Balaban J connectivity index is 1.07. The lowest BCUT2D eigenvalue weighted by Gasteiger charge is -2.19. The Hall–Kier alpha value is -9.88. The van der Waals surface area contributed by atoms with Gasteiger partial charge in [0.25, 0.3) is 0 Å². The first kappa shape index (κ1) is 38.2. The van der Waals surface area contributed by atoms with Crippen molar-refractivity contribution in [3.8, 4) is 34.9 Å². The van der Waals surface area contributed by atoms with E-state index in [1.54, 1.807) is 6.07 Å². The maximum Gasteiger partial charge on any atom is 0.101 e. The molecule has 0 saturated carbocycles. The van der Waals surface area contributed by atoms with Gasteiger partial charge < -0.3 is 18.3 Å². The lowest BCUT2D eigenvalue weighted by Crippen LogP contribution is -2.07. The SMILES string of the molecule is N#Cc1cc(C#N)c(-n2c3ccc(-n4c5ccccc5c5ccccc54)cc3c3c4ccccc4ccc32)c(-n2c3ccc(-n4c5ccccc5c5ccccc54)cc3c3c4ccccc4ccc32)c1. The molecular weight excluding hydrogens is 853 g/mol. The molecule has 0 aliphatic carbocycles. The van der Waals surface area contributed by atoms with E-state index in [-0.39, 0.29) is 0 Å². The highest BCUT2D eigenvalue weighted by Gasteiger charge is 2.26. The van der Waals surface area contributed by atoms with E-state index in [4.69, 9.17) is 0 Å². The molecule has 15 rings (SSSR count). The molecule has 0 bridgehead atoms. The normalized spacial score (nSPS) is 12.0. The van der Waals surface area contributed by atoms with Crippen molar-refractivity contribution < 1.29 is 0 Å². The van der Waals surface area contributed by atoms with E-state index in [9.17, 15) is 10.5 Å². The van der Waals surface area contributed by atoms with Gasteiger partial charge >= 0.3 is 0 Å². The fourth-order valence-electron chi connectivity index (χ4n) is 11.9. The summed E-state index contributed by atoms with van der Waals surface area (Å²) in [5.74, 6) is 0. The van der Waals surface area contributed by atoms with Crippen LogP contribution < -0.4 is 0 Å². The van der Waals surface area contributed by atoms with Gasteiger partial charge in [0.15, 0.2) is 0 Å². The van der Waals surface area contributed by atoms with Crippen molar-refractivity contribution in [2.45, 2.75) is 0 Å². The van der Waals surface area contributed by atoms with Gasteiger partial charge in [-0.05, 0) is 106 Å². The molecule has 6 nitrogen and oxygen atoms in total. The molecule has 15 aromatic rings. The molecule has 6 heteroatoms. The second kappa shape index (κ2) is 14.3. The highest BCUT2D eigenvalue weighted by atomic mass is 15.1. The zero-order chi connectivity index (χ0) is 46.2. The highest BCUT2D eigenvalue weighted by molar-refractivity contribution is 6.24. The number of aromatic nitrogens is 4.